The number of aryl methyl sites for hydroxylation is 1. The molecule has 0 bridgehead atoms. The van der Waals surface area contributed by atoms with E-state index in [-0.39, 0.29) is 24.4 Å². The molecule has 2 N–H and O–H groups in total. The Kier molecular flexibility index (Phi) is 6.49. The maximum absolute atomic E-state index is 12.7. The summed E-state index contributed by atoms with van der Waals surface area (Å²) in [6.45, 7) is 2.49. The van der Waals surface area contributed by atoms with Crippen molar-refractivity contribution in [2.45, 2.75) is 39.0 Å². The highest BCUT2D eigenvalue weighted by atomic mass is 32.1. The first-order valence-electron chi connectivity index (χ1n) is 9.39. The normalized spacial score (nSPS) is 20.5. The van der Waals surface area contributed by atoms with Gasteiger partial charge in [-0.2, -0.15) is 0 Å². The molecule has 1 saturated carbocycles. The fraction of sp³-hybridized carbons (Fsp3) is 0.632. The predicted molar refractivity (Wildman–Crippen MR) is 102 cm³/mol. The van der Waals surface area contributed by atoms with E-state index in [9.17, 15) is 14.4 Å². The Morgan fingerprint density at radius 2 is 1.96 bits per heavy atom. The topological polar surface area (TPSA) is 93.7 Å². The number of fused-ring (bicyclic) bond motifs is 1. The average molecular weight is 394 g/mol. The minimum Gasteiger partial charge on any atom is -0.455 e. The number of hydrogen-bond donors (Lipinski definition) is 2. The van der Waals surface area contributed by atoms with E-state index in [1.807, 2.05) is 6.92 Å². The summed E-state index contributed by atoms with van der Waals surface area (Å²) in [7, 11) is 1.58. The molecule has 0 saturated heterocycles. The van der Waals surface area contributed by atoms with Crippen LogP contribution >= 0.6 is 11.3 Å². The van der Waals surface area contributed by atoms with Crippen molar-refractivity contribution >= 4 is 34.1 Å². The largest absolute Gasteiger partial charge is 0.455 e. The lowest BCUT2D eigenvalue weighted by Crippen LogP contribution is -2.29. The Hall–Kier alpha value is -1.93. The Morgan fingerprint density at radius 3 is 2.67 bits per heavy atom. The van der Waals surface area contributed by atoms with Crippen LogP contribution in [0.5, 0.6) is 0 Å². The first kappa shape index (κ1) is 19.8. The van der Waals surface area contributed by atoms with Gasteiger partial charge >= 0.3 is 5.97 Å². The van der Waals surface area contributed by atoms with Gasteiger partial charge < -0.3 is 20.1 Å². The third kappa shape index (κ3) is 4.87. The molecular formula is C19H26N2O5S. The Bertz CT molecular complexity index is 730. The fourth-order valence-electron chi connectivity index (χ4n) is 3.31. The van der Waals surface area contributed by atoms with Crippen LogP contribution in [0.4, 0.5) is 5.00 Å². The molecule has 0 spiro atoms. The van der Waals surface area contributed by atoms with Gasteiger partial charge in [0, 0.05) is 18.5 Å². The second-order valence-corrected chi connectivity index (χ2v) is 8.24. The van der Waals surface area contributed by atoms with Crippen molar-refractivity contribution in [1.82, 2.24) is 5.32 Å². The molecule has 0 radical (unpaired) electrons. The summed E-state index contributed by atoms with van der Waals surface area (Å²) in [4.78, 5) is 37.8. The molecule has 7 nitrogen and oxygen atoms in total. The van der Waals surface area contributed by atoms with Crippen LogP contribution in [0.2, 0.25) is 0 Å². The van der Waals surface area contributed by atoms with Crippen LogP contribution in [0.1, 0.15) is 47.0 Å². The van der Waals surface area contributed by atoms with Crippen LogP contribution in [0.15, 0.2) is 0 Å². The average Bonchev–Trinajstić information content (AvgIpc) is 3.27. The van der Waals surface area contributed by atoms with Gasteiger partial charge in [-0.05, 0) is 43.6 Å². The molecule has 148 valence electrons. The van der Waals surface area contributed by atoms with Gasteiger partial charge in [0.05, 0.1) is 18.1 Å². The summed E-state index contributed by atoms with van der Waals surface area (Å²) in [5.41, 5.74) is 1.57. The van der Waals surface area contributed by atoms with Crippen LogP contribution in [0, 0.1) is 11.8 Å². The molecule has 2 amide bonds. The van der Waals surface area contributed by atoms with E-state index in [2.05, 4.69) is 10.6 Å². The lowest BCUT2D eigenvalue weighted by molar-refractivity contribution is -0.148. The number of anilines is 1. The highest BCUT2D eigenvalue weighted by Gasteiger charge is 2.40. The lowest BCUT2D eigenvalue weighted by Gasteiger charge is -2.13. The predicted octanol–water partition coefficient (Wildman–Crippen LogP) is 2.14. The summed E-state index contributed by atoms with van der Waals surface area (Å²) < 4.78 is 10.1. The minimum absolute atomic E-state index is 0.0750. The van der Waals surface area contributed by atoms with E-state index in [0.29, 0.717) is 29.6 Å². The number of rotatable bonds is 8. The highest BCUT2D eigenvalue weighted by molar-refractivity contribution is 7.17. The summed E-state index contributed by atoms with van der Waals surface area (Å²) in [5, 5.41) is 6.15. The number of esters is 1. The first-order valence-corrected chi connectivity index (χ1v) is 10.2. The van der Waals surface area contributed by atoms with Gasteiger partial charge in [0.2, 0.25) is 0 Å². The van der Waals surface area contributed by atoms with Gasteiger partial charge in [-0.15, -0.1) is 11.3 Å². The van der Waals surface area contributed by atoms with Crippen molar-refractivity contribution in [2.24, 2.45) is 11.8 Å². The smallest absolute Gasteiger partial charge is 0.309 e. The third-order valence-electron chi connectivity index (χ3n) is 5.00. The SMILES string of the molecule is COCCNC(=O)c1c(NC(=O)COC(=O)[C@@H]2C[C@H]2C)sc2c1CCCC2. The number of nitrogens with one attached hydrogen (secondary N) is 2. The zero-order valence-corrected chi connectivity index (χ0v) is 16.6. The van der Waals surface area contributed by atoms with E-state index in [4.69, 9.17) is 9.47 Å². The van der Waals surface area contributed by atoms with Gasteiger partial charge in [-0.25, -0.2) is 0 Å². The van der Waals surface area contributed by atoms with Gasteiger partial charge in [0.1, 0.15) is 5.00 Å². The lowest BCUT2D eigenvalue weighted by atomic mass is 9.95. The van der Waals surface area contributed by atoms with Crippen molar-refractivity contribution in [1.29, 1.82) is 0 Å². The quantitative estimate of drug-likeness (QED) is 0.520. The maximum Gasteiger partial charge on any atom is 0.309 e. The van der Waals surface area contributed by atoms with E-state index in [1.165, 1.54) is 11.3 Å². The molecule has 27 heavy (non-hydrogen) atoms. The zero-order valence-electron chi connectivity index (χ0n) is 15.8. The molecule has 2 atom stereocenters. The van der Waals surface area contributed by atoms with Crippen LogP contribution in [0.3, 0.4) is 0 Å². The second kappa shape index (κ2) is 8.84. The van der Waals surface area contributed by atoms with Crippen LogP contribution in [-0.4, -0.2) is 44.7 Å². The number of thiophene rings is 1. The number of methoxy groups -OCH3 is 1. The standard InChI is InChI=1S/C19H26N2O5S/c1-11-9-13(11)19(24)26-10-15(22)21-18-16(17(23)20-7-8-25-2)12-5-3-4-6-14(12)27-18/h11,13H,3-10H2,1-2H3,(H,20,23)(H,21,22)/t11-,13-/m1/s1. The number of carbonyl (C=O) groups is 3. The summed E-state index contributed by atoms with van der Waals surface area (Å²) in [6, 6.07) is 0. The zero-order chi connectivity index (χ0) is 19.4. The molecule has 1 fully saturated rings. The van der Waals surface area contributed by atoms with Gasteiger partial charge in [-0.1, -0.05) is 6.92 Å². The molecule has 2 aliphatic rings. The van der Waals surface area contributed by atoms with Crippen molar-refractivity contribution in [3.63, 3.8) is 0 Å². The molecule has 1 heterocycles. The van der Waals surface area contributed by atoms with Crippen molar-refractivity contribution < 1.29 is 23.9 Å². The van der Waals surface area contributed by atoms with Gasteiger partial charge in [0.15, 0.2) is 6.61 Å². The molecule has 2 aliphatic carbocycles. The summed E-state index contributed by atoms with van der Waals surface area (Å²) in [5.74, 6) is -0.673. The second-order valence-electron chi connectivity index (χ2n) is 7.14. The van der Waals surface area contributed by atoms with Crippen LogP contribution in [0.25, 0.3) is 0 Å². The molecule has 3 rings (SSSR count). The van der Waals surface area contributed by atoms with E-state index in [0.717, 1.165) is 42.5 Å². The van der Waals surface area contributed by atoms with Crippen LogP contribution < -0.4 is 10.6 Å². The molecule has 0 unspecified atom stereocenters. The number of amides is 2. The van der Waals surface area contributed by atoms with Crippen molar-refractivity contribution in [2.75, 3.05) is 32.2 Å². The number of hydrogen-bond acceptors (Lipinski definition) is 6. The first-order chi connectivity index (χ1) is 13.0. The van der Waals surface area contributed by atoms with Gasteiger partial charge in [-0.3, -0.25) is 14.4 Å². The van der Waals surface area contributed by atoms with Crippen molar-refractivity contribution in [3.8, 4) is 0 Å². The van der Waals surface area contributed by atoms with E-state index in [1.54, 1.807) is 7.11 Å². The Balaban J connectivity index is 1.66. The fourth-order valence-corrected chi connectivity index (χ4v) is 4.61. The molecule has 0 aliphatic heterocycles. The van der Waals surface area contributed by atoms with Gasteiger partial charge in [0.25, 0.3) is 11.8 Å². The molecule has 0 aromatic carbocycles. The highest BCUT2D eigenvalue weighted by Crippen LogP contribution is 2.39. The Labute approximate surface area is 162 Å². The Morgan fingerprint density at radius 1 is 1.22 bits per heavy atom. The molecular weight excluding hydrogens is 368 g/mol. The number of ether oxygens (including phenoxy) is 2. The third-order valence-corrected chi connectivity index (χ3v) is 6.21. The molecule has 1 aromatic heterocycles. The summed E-state index contributed by atoms with van der Waals surface area (Å²) >= 11 is 1.45. The van der Waals surface area contributed by atoms with Crippen LogP contribution in [-0.2, 0) is 31.9 Å². The molecule has 8 heteroatoms. The summed E-state index contributed by atoms with van der Waals surface area (Å²) in [6.07, 6.45) is 4.70. The minimum atomic E-state index is -0.416. The maximum atomic E-state index is 12.7. The van der Waals surface area contributed by atoms with E-state index >= 15 is 0 Å². The number of carbonyl (C=O) groups excluding carboxylic acids is 3. The monoisotopic (exact) mass is 394 g/mol. The molecule has 1 aromatic rings. The van der Waals surface area contributed by atoms with Crippen molar-refractivity contribution in [3.05, 3.63) is 16.0 Å². The van der Waals surface area contributed by atoms with E-state index < -0.39 is 5.91 Å².